The van der Waals surface area contributed by atoms with Crippen LogP contribution in [-0.2, 0) is 6.54 Å². The molecule has 0 saturated heterocycles. The van der Waals surface area contributed by atoms with Gasteiger partial charge in [-0.25, -0.2) is 4.98 Å². The molecule has 0 saturated carbocycles. The first-order valence-corrected chi connectivity index (χ1v) is 3.94. The lowest BCUT2D eigenvalue weighted by Gasteiger charge is -1.91. The number of rotatable bonds is 1. The van der Waals surface area contributed by atoms with E-state index in [4.69, 9.17) is 5.73 Å². The molecule has 3 heteroatoms. The standard InChI is InChI=1S/C9H11N3/c1-6-2-3-11-9-8(6)4-7(5-10)12-9/h2-4H,5,10H2,1H3,(H,11,12). The van der Waals surface area contributed by atoms with E-state index in [0.717, 1.165) is 16.7 Å². The van der Waals surface area contributed by atoms with Crippen molar-refractivity contribution in [2.75, 3.05) is 0 Å². The van der Waals surface area contributed by atoms with Gasteiger partial charge in [-0.1, -0.05) is 0 Å². The predicted octanol–water partition coefficient (Wildman–Crippen LogP) is 1.33. The predicted molar refractivity (Wildman–Crippen MR) is 48.7 cm³/mol. The van der Waals surface area contributed by atoms with E-state index in [2.05, 4.69) is 23.0 Å². The van der Waals surface area contributed by atoms with Crippen LogP contribution in [0.4, 0.5) is 0 Å². The van der Waals surface area contributed by atoms with Crippen LogP contribution in [0.1, 0.15) is 11.3 Å². The van der Waals surface area contributed by atoms with E-state index in [1.807, 2.05) is 6.07 Å². The number of hydrogen-bond acceptors (Lipinski definition) is 2. The lowest BCUT2D eigenvalue weighted by molar-refractivity contribution is 1.02. The summed E-state index contributed by atoms with van der Waals surface area (Å²) in [6, 6.07) is 4.05. The van der Waals surface area contributed by atoms with Crippen molar-refractivity contribution in [3.63, 3.8) is 0 Å². The fraction of sp³-hybridized carbons (Fsp3) is 0.222. The number of nitrogens with zero attached hydrogens (tertiary/aromatic N) is 1. The molecule has 62 valence electrons. The summed E-state index contributed by atoms with van der Waals surface area (Å²) < 4.78 is 0. The van der Waals surface area contributed by atoms with E-state index in [1.54, 1.807) is 6.20 Å². The topological polar surface area (TPSA) is 54.7 Å². The van der Waals surface area contributed by atoms with E-state index in [9.17, 15) is 0 Å². The van der Waals surface area contributed by atoms with E-state index >= 15 is 0 Å². The maximum absolute atomic E-state index is 5.50. The molecular weight excluding hydrogens is 150 g/mol. The molecule has 2 aromatic rings. The summed E-state index contributed by atoms with van der Waals surface area (Å²) in [6.45, 7) is 2.61. The molecule has 0 atom stereocenters. The minimum Gasteiger partial charge on any atom is -0.342 e. The quantitative estimate of drug-likeness (QED) is 0.663. The molecule has 0 aliphatic heterocycles. The summed E-state index contributed by atoms with van der Waals surface area (Å²) in [7, 11) is 0. The number of fused-ring (bicyclic) bond motifs is 1. The largest absolute Gasteiger partial charge is 0.342 e. The molecule has 3 nitrogen and oxygen atoms in total. The van der Waals surface area contributed by atoms with Crippen molar-refractivity contribution in [1.29, 1.82) is 0 Å². The first-order chi connectivity index (χ1) is 5.81. The van der Waals surface area contributed by atoms with E-state index in [1.165, 1.54) is 5.56 Å². The average Bonchev–Trinajstić information content (AvgIpc) is 2.49. The van der Waals surface area contributed by atoms with Gasteiger partial charge >= 0.3 is 0 Å². The number of aromatic nitrogens is 2. The van der Waals surface area contributed by atoms with Crippen LogP contribution in [0, 0.1) is 6.92 Å². The fourth-order valence-electron chi connectivity index (χ4n) is 1.32. The first kappa shape index (κ1) is 7.31. The van der Waals surface area contributed by atoms with Gasteiger partial charge in [-0.15, -0.1) is 0 Å². The molecule has 0 aliphatic carbocycles. The lowest BCUT2D eigenvalue weighted by atomic mass is 10.2. The Morgan fingerprint density at radius 3 is 3.08 bits per heavy atom. The van der Waals surface area contributed by atoms with Crippen molar-refractivity contribution in [2.24, 2.45) is 5.73 Å². The van der Waals surface area contributed by atoms with Gasteiger partial charge in [0.05, 0.1) is 0 Å². The summed E-state index contributed by atoms with van der Waals surface area (Å²) >= 11 is 0. The number of aryl methyl sites for hydroxylation is 1. The molecule has 2 aromatic heterocycles. The molecule has 0 bridgehead atoms. The van der Waals surface area contributed by atoms with Crippen LogP contribution >= 0.6 is 0 Å². The average molecular weight is 161 g/mol. The molecule has 0 aromatic carbocycles. The molecule has 3 N–H and O–H groups in total. The van der Waals surface area contributed by atoms with Crippen LogP contribution in [0.25, 0.3) is 11.0 Å². The van der Waals surface area contributed by atoms with Gasteiger partial charge in [0.25, 0.3) is 0 Å². The Labute approximate surface area is 70.6 Å². The zero-order valence-corrected chi connectivity index (χ0v) is 6.96. The van der Waals surface area contributed by atoms with Crippen molar-refractivity contribution < 1.29 is 0 Å². The molecule has 12 heavy (non-hydrogen) atoms. The Bertz CT molecular complexity index is 403. The van der Waals surface area contributed by atoms with Gasteiger partial charge in [0.1, 0.15) is 5.65 Å². The minimum absolute atomic E-state index is 0.538. The highest BCUT2D eigenvalue weighted by Gasteiger charge is 2.01. The van der Waals surface area contributed by atoms with Crippen LogP contribution in [0.3, 0.4) is 0 Å². The highest BCUT2D eigenvalue weighted by Crippen LogP contribution is 2.16. The highest BCUT2D eigenvalue weighted by atomic mass is 14.9. The van der Waals surface area contributed by atoms with Gasteiger partial charge in [-0.2, -0.15) is 0 Å². The number of hydrogen-bond donors (Lipinski definition) is 2. The summed E-state index contributed by atoms with van der Waals surface area (Å²) in [5.74, 6) is 0. The molecule has 0 spiro atoms. The summed E-state index contributed by atoms with van der Waals surface area (Å²) in [6.07, 6.45) is 1.80. The van der Waals surface area contributed by atoms with Crippen molar-refractivity contribution >= 4 is 11.0 Å². The Hall–Kier alpha value is -1.35. The number of aromatic amines is 1. The monoisotopic (exact) mass is 161 g/mol. The van der Waals surface area contributed by atoms with Crippen LogP contribution in [0.2, 0.25) is 0 Å². The third kappa shape index (κ3) is 0.987. The van der Waals surface area contributed by atoms with E-state index in [0.29, 0.717) is 6.54 Å². The smallest absolute Gasteiger partial charge is 0.137 e. The van der Waals surface area contributed by atoms with Crippen LogP contribution < -0.4 is 5.73 Å². The number of nitrogens with two attached hydrogens (primary N) is 1. The van der Waals surface area contributed by atoms with Crippen LogP contribution in [0.5, 0.6) is 0 Å². The lowest BCUT2D eigenvalue weighted by Crippen LogP contribution is -1.95. The SMILES string of the molecule is Cc1ccnc2[nH]c(CN)cc12. The highest BCUT2D eigenvalue weighted by molar-refractivity contribution is 5.79. The van der Waals surface area contributed by atoms with Gasteiger partial charge < -0.3 is 10.7 Å². The summed E-state index contributed by atoms with van der Waals surface area (Å²) in [5, 5.41) is 1.16. The van der Waals surface area contributed by atoms with Crippen LogP contribution in [-0.4, -0.2) is 9.97 Å². The van der Waals surface area contributed by atoms with Crippen molar-refractivity contribution in [2.45, 2.75) is 13.5 Å². The molecule has 2 rings (SSSR count). The second-order valence-electron chi connectivity index (χ2n) is 2.89. The number of nitrogens with one attached hydrogen (secondary N) is 1. The molecule has 0 radical (unpaired) electrons. The summed E-state index contributed by atoms with van der Waals surface area (Å²) in [5.41, 5.74) is 8.70. The van der Waals surface area contributed by atoms with Gasteiger partial charge in [0, 0.05) is 23.8 Å². The normalized spacial score (nSPS) is 10.8. The second kappa shape index (κ2) is 2.60. The van der Waals surface area contributed by atoms with Crippen molar-refractivity contribution in [3.8, 4) is 0 Å². The van der Waals surface area contributed by atoms with Crippen molar-refractivity contribution in [1.82, 2.24) is 9.97 Å². The third-order valence-electron chi connectivity index (χ3n) is 2.03. The Balaban J connectivity index is 2.74. The third-order valence-corrected chi connectivity index (χ3v) is 2.03. The fourth-order valence-corrected chi connectivity index (χ4v) is 1.32. The van der Waals surface area contributed by atoms with E-state index in [-0.39, 0.29) is 0 Å². The molecule has 0 fully saturated rings. The maximum atomic E-state index is 5.50. The van der Waals surface area contributed by atoms with E-state index < -0.39 is 0 Å². The first-order valence-electron chi connectivity index (χ1n) is 3.94. The Morgan fingerprint density at radius 1 is 1.58 bits per heavy atom. The Morgan fingerprint density at radius 2 is 2.42 bits per heavy atom. The maximum Gasteiger partial charge on any atom is 0.137 e. The Kier molecular flexibility index (Phi) is 1.59. The number of H-pyrrole nitrogens is 1. The molecule has 2 heterocycles. The van der Waals surface area contributed by atoms with Gasteiger partial charge in [0.15, 0.2) is 0 Å². The molecule has 0 unspecified atom stereocenters. The van der Waals surface area contributed by atoms with Gasteiger partial charge in [0.2, 0.25) is 0 Å². The number of pyridine rings is 1. The van der Waals surface area contributed by atoms with Crippen LogP contribution in [0.15, 0.2) is 18.3 Å². The minimum atomic E-state index is 0.538. The molecular formula is C9H11N3. The zero-order chi connectivity index (χ0) is 8.55. The van der Waals surface area contributed by atoms with Gasteiger partial charge in [-0.3, -0.25) is 0 Å². The summed E-state index contributed by atoms with van der Waals surface area (Å²) in [4.78, 5) is 7.35. The second-order valence-corrected chi connectivity index (χ2v) is 2.89. The van der Waals surface area contributed by atoms with Gasteiger partial charge in [-0.05, 0) is 24.6 Å². The zero-order valence-electron chi connectivity index (χ0n) is 6.96. The van der Waals surface area contributed by atoms with Crippen molar-refractivity contribution in [3.05, 3.63) is 29.6 Å². The molecule has 0 aliphatic rings. The molecule has 0 amide bonds.